The summed E-state index contributed by atoms with van der Waals surface area (Å²) < 4.78 is 28.0. The average Bonchev–Trinajstić information content (AvgIpc) is 2.68. The van der Waals surface area contributed by atoms with Gasteiger partial charge in [-0.05, 0) is 33.1 Å². The van der Waals surface area contributed by atoms with Crippen LogP contribution < -0.4 is 0 Å². The van der Waals surface area contributed by atoms with Crippen molar-refractivity contribution in [2.24, 2.45) is 0 Å². The molecule has 0 unspecified atom stereocenters. The zero-order chi connectivity index (χ0) is 11.1. The Labute approximate surface area is 91.8 Å². The monoisotopic (exact) mass is 236 g/mol. The molecule has 0 bridgehead atoms. The van der Waals surface area contributed by atoms with E-state index in [-0.39, 0.29) is 6.10 Å². The van der Waals surface area contributed by atoms with Crippen LogP contribution in [0.5, 0.6) is 0 Å². The smallest absolute Gasteiger partial charge is 0.330 e. The van der Waals surface area contributed by atoms with E-state index in [1.165, 1.54) is 0 Å². The van der Waals surface area contributed by atoms with Crippen LogP contribution in [0.2, 0.25) is 0 Å². The van der Waals surface area contributed by atoms with E-state index in [9.17, 15) is 4.57 Å². The molecule has 1 rings (SSSR count). The molecule has 0 N–H and O–H groups in total. The fourth-order valence-corrected chi connectivity index (χ4v) is 3.46. The van der Waals surface area contributed by atoms with Crippen molar-refractivity contribution in [3.63, 3.8) is 0 Å². The maximum Gasteiger partial charge on any atom is 0.330 e. The van der Waals surface area contributed by atoms with Crippen molar-refractivity contribution in [1.82, 2.24) is 0 Å². The maximum absolute atomic E-state index is 12.1. The SMILES string of the molecule is CCOP(=O)(CC[C@@H]1CCCO1)OCC. The Hall–Kier alpha value is 0.110. The Morgan fingerprint density at radius 1 is 1.33 bits per heavy atom. The molecule has 1 fully saturated rings. The first-order valence-corrected chi connectivity index (χ1v) is 7.42. The quantitative estimate of drug-likeness (QED) is 0.637. The summed E-state index contributed by atoms with van der Waals surface area (Å²) in [5, 5.41) is 0. The van der Waals surface area contributed by atoms with E-state index in [0.29, 0.717) is 19.4 Å². The second-order valence-corrected chi connectivity index (χ2v) is 5.78. The van der Waals surface area contributed by atoms with Gasteiger partial charge in [-0.3, -0.25) is 4.57 Å². The van der Waals surface area contributed by atoms with E-state index < -0.39 is 7.60 Å². The van der Waals surface area contributed by atoms with Crippen LogP contribution in [0.1, 0.15) is 33.1 Å². The van der Waals surface area contributed by atoms with Gasteiger partial charge in [-0.15, -0.1) is 0 Å². The van der Waals surface area contributed by atoms with E-state index >= 15 is 0 Å². The minimum absolute atomic E-state index is 0.249. The van der Waals surface area contributed by atoms with Gasteiger partial charge in [0.05, 0.1) is 25.5 Å². The van der Waals surface area contributed by atoms with Crippen molar-refractivity contribution < 1.29 is 18.3 Å². The molecular formula is C10H21O4P. The molecule has 0 spiro atoms. The topological polar surface area (TPSA) is 44.8 Å². The predicted molar refractivity (Wildman–Crippen MR) is 59.3 cm³/mol. The lowest BCUT2D eigenvalue weighted by molar-refractivity contribution is 0.106. The van der Waals surface area contributed by atoms with Crippen molar-refractivity contribution in [2.75, 3.05) is 26.0 Å². The number of hydrogen-bond donors (Lipinski definition) is 0. The molecule has 5 heteroatoms. The van der Waals surface area contributed by atoms with Crippen molar-refractivity contribution in [2.45, 2.75) is 39.2 Å². The van der Waals surface area contributed by atoms with Gasteiger partial charge in [0.15, 0.2) is 0 Å². The first-order chi connectivity index (χ1) is 7.20. The third-order valence-electron chi connectivity index (χ3n) is 2.40. The molecular weight excluding hydrogens is 215 g/mol. The molecule has 0 aromatic rings. The molecule has 1 aliphatic rings. The lowest BCUT2D eigenvalue weighted by atomic mass is 10.2. The van der Waals surface area contributed by atoms with E-state index in [4.69, 9.17) is 13.8 Å². The number of hydrogen-bond acceptors (Lipinski definition) is 4. The second kappa shape index (κ2) is 6.64. The van der Waals surface area contributed by atoms with E-state index in [1.54, 1.807) is 0 Å². The number of ether oxygens (including phenoxy) is 1. The summed E-state index contributed by atoms with van der Waals surface area (Å²) in [6.07, 6.45) is 3.67. The molecule has 4 nitrogen and oxygen atoms in total. The molecule has 1 saturated heterocycles. The van der Waals surface area contributed by atoms with Crippen LogP contribution in [-0.4, -0.2) is 32.1 Å². The van der Waals surface area contributed by atoms with Crippen LogP contribution in [0.4, 0.5) is 0 Å². The first-order valence-electron chi connectivity index (χ1n) is 5.70. The molecule has 0 aromatic carbocycles. The number of rotatable bonds is 7. The Kier molecular flexibility index (Phi) is 5.83. The van der Waals surface area contributed by atoms with Gasteiger partial charge < -0.3 is 13.8 Å². The summed E-state index contributed by atoms with van der Waals surface area (Å²) in [5.41, 5.74) is 0. The predicted octanol–water partition coefficient (Wildman–Crippen LogP) is 2.82. The van der Waals surface area contributed by atoms with Crippen LogP contribution >= 0.6 is 7.60 Å². The average molecular weight is 236 g/mol. The Morgan fingerprint density at radius 2 is 2.00 bits per heavy atom. The van der Waals surface area contributed by atoms with Crippen molar-refractivity contribution in [3.8, 4) is 0 Å². The largest absolute Gasteiger partial charge is 0.378 e. The highest BCUT2D eigenvalue weighted by Crippen LogP contribution is 2.49. The summed E-state index contributed by atoms with van der Waals surface area (Å²) in [4.78, 5) is 0. The van der Waals surface area contributed by atoms with Gasteiger partial charge in [0.25, 0.3) is 0 Å². The minimum atomic E-state index is -2.85. The van der Waals surface area contributed by atoms with Crippen molar-refractivity contribution >= 4 is 7.60 Å². The molecule has 15 heavy (non-hydrogen) atoms. The molecule has 1 atom stereocenters. The van der Waals surface area contributed by atoms with E-state index in [2.05, 4.69) is 0 Å². The Morgan fingerprint density at radius 3 is 2.47 bits per heavy atom. The van der Waals surface area contributed by atoms with Crippen LogP contribution in [0.3, 0.4) is 0 Å². The molecule has 1 aliphatic heterocycles. The highest BCUT2D eigenvalue weighted by Gasteiger charge is 2.26. The summed E-state index contributed by atoms with van der Waals surface area (Å²) in [6, 6.07) is 0. The lowest BCUT2D eigenvalue weighted by Gasteiger charge is -2.18. The van der Waals surface area contributed by atoms with Gasteiger partial charge >= 0.3 is 7.60 Å². The standard InChI is InChI=1S/C10H21O4P/c1-3-13-15(11,14-4-2)9-7-10-6-5-8-12-10/h10H,3-9H2,1-2H3/t10-/m0/s1. The fourth-order valence-electron chi connectivity index (χ4n) is 1.73. The van der Waals surface area contributed by atoms with Crippen LogP contribution in [0, 0.1) is 0 Å². The highest BCUT2D eigenvalue weighted by molar-refractivity contribution is 7.53. The third kappa shape index (κ3) is 4.64. The highest BCUT2D eigenvalue weighted by atomic mass is 31.2. The van der Waals surface area contributed by atoms with Crippen LogP contribution in [-0.2, 0) is 18.3 Å². The van der Waals surface area contributed by atoms with Crippen LogP contribution in [0.15, 0.2) is 0 Å². The molecule has 0 amide bonds. The van der Waals surface area contributed by atoms with Gasteiger partial charge in [0.1, 0.15) is 0 Å². The van der Waals surface area contributed by atoms with Gasteiger partial charge in [-0.1, -0.05) is 0 Å². The van der Waals surface area contributed by atoms with E-state index in [0.717, 1.165) is 25.9 Å². The molecule has 1 heterocycles. The zero-order valence-electron chi connectivity index (χ0n) is 9.61. The van der Waals surface area contributed by atoms with Crippen LogP contribution in [0.25, 0.3) is 0 Å². The first kappa shape index (κ1) is 13.2. The minimum Gasteiger partial charge on any atom is -0.378 e. The maximum atomic E-state index is 12.1. The summed E-state index contributed by atoms with van der Waals surface area (Å²) in [5.74, 6) is 0. The molecule has 90 valence electrons. The second-order valence-electron chi connectivity index (χ2n) is 3.59. The molecule has 0 radical (unpaired) electrons. The third-order valence-corrected chi connectivity index (χ3v) is 4.51. The molecule has 0 saturated carbocycles. The normalized spacial score (nSPS) is 22.1. The fraction of sp³-hybridized carbons (Fsp3) is 1.00. The van der Waals surface area contributed by atoms with Gasteiger partial charge in [0, 0.05) is 6.61 Å². The van der Waals surface area contributed by atoms with Gasteiger partial charge in [-0.2, -0.15) is 0 Å². The Balaban J connectivity index is 2.32. The van der Waals surface area contributed by atoms with Gasteiger partial charge in [-0.25, -0.2) is 0 Å². The Bertz CT molecular complexity index is 203. The summed E-state index contributed by atoms with van der Waals surface area (Å²) in [6.45, 7) is 5.36. The van der Waals surface area contributed by atoms with Gasteiger partial charge in [0.2, 0.25) is 0 Å². The molecule has 0 aromatic heterocycles. The summed E-state index contributed by atoms with van der Waals surface area (Å²) >= 11 is 0. The molecule has 0 aliphatic carbocycles. The lowest BCUT2D eigenvalue weighted by Crippen LogP contribution is -2.09. The van der Waals surface area contributed by atoms with Crippen molar-refractivity contribution in [3.05, 3.63) is 0 Å². The summed E-state index contributed by atoms with van der Waals surface area (Å²) in [7, 11) is -2.85. The van der Waals surface area contributed by atoms with E-state index in [1.807, 2.05) is 13.8 Å². The van der Waals surface area contributed by atoms with Crippen molar-refractivity contribution in [1.29, 1.82) is 0 Å². The zero-order valence-corrected chi connectivity index (χ0v) is 10.5.